The fraction of sp³-hybridized carbons (Fsp3) is 0.450. The zero-order chi connectivity index (χ0) is 24.3. The number of aliphatic hydroxyl groups is 1. The van der Waals surface area contributed by atoms with Crippen LogP contribution in [0.5, 0.6) is 0 Å². The van der Waals surface area contributed by atoms with Crippen LogP contribution in [0, 0.1) is 11.8 Å². The second-order valence-corrected chi connectivity index (χ2v) is 6.71. The molecule has 0 saturated heterocycles. The third-order valence-corrected chi connectivity index (χ3v) is 4.57. The molecule has 0 radical (unpaired) electrons. The van der Waals surface area contributed by atoms with Crippen molar-refractivity contribution in [3.63, 3.8) is 0 Å². The molecule has 1 aromatic rings. The molecule has 1 aromatic carbocycles. The van der Waals surface area contributed by atoms with Gasteiger partial charge in [-0.25, -0.2) is 4.79 Å². The van der Waals surface area contributed by atoms with Crippen LogP contribution >= 0.6 is 0 Å². The minimum absolute atomic E-state index is 0.0761. The Labute approximate surface area is 184 Å². The summed E-state index contributed by atoms with van der Waals surface area (Å²) in [5.74, 6) is -6.77. The molecule has 12 nitrogen and oxygen atoms in total. The summed E-state index contributed by atoms with van der Waals surface area (Å²) in [7, 11) is 2.07. The van der Waals surface area contributed by atoms with E-state index in [4.69, 9.17) is 10.5 Å². The fourth-order valence-corrected chi connectivity index (χ4v) is 2.79. The van der Waals surface area contributed by atoms with Crippen LogP contribution in [-0.4, -0.2) is 67.9 Å². The topological polar surface area (TPSA) is 183 Å². The van der Waals surface area contributed by atoms with E-state index in [1.165, 1.54) is 6.92 Å². The second kappa shape index (κ2) is 12.9. The fourth-order valence-electron chi connectivity index (χ4n) is 2.79. The lowest BCUT2D eigenvalue weighted by Gasteiger charge is -2.28. The van der Waals surface area contributed by atoms with Gasteiger partial charge in [0, 0.05) is 5.92 Å². The number of carbonyl (C=O) groups excluding carboxylic acids is 5. The largest absolute Gasteiger partial charge is 0.468 e. The number of ether oxygens (including phenoxy) is 3. The van der Waals surface area contributed by atoms with Crippen molar-refractivity contribution < 1.29 is 43.3 Å². The molecule has 3 atom stereocenters. The number of carbonyl (C=O) groups is 5. The molecule has 0 spiro atoms. The van der Waals surface area contributed by atoms with Crippen LogP contribution in [0.25, 0.3) is 0 Å². The van der Waals surface area contributed by atoms with E-state index in [0.717, 1.165) is 14.2 Å². The standard InChI is InChI=1S/C20H27N3O9/c1-11(14(18(27)30-2)19(28)31-3)15(16(21)25)23-17(26)13(9-24)22-20(29)32-10-12-7-5-4-6-8-12/h4-8,11,13-15,24H,9-10H2,1-3H3,(H2,21,25)(H,22,29)(H,23,26)/t11-,13-,15-/m0/s1. The number of hydrogen-bond acceptors (Lipinski definition) is 9. The smallest absolute Gasteiger partial charge is 0.408 e. The molecular weight excluding hydrogens is 426 g/mol. The van der Waals surface area contributed by atoms with Crippen molar-refractivity contribution in [3.05, 3.63) is 35.9 Å². The van der Waals surface area contributed by atoms with Gasteiger partial charge in [-0.1, -0.05) is 37.3 Å². The number of benzene rings is 1. The van der Waals surface area contributed by atoms with Gasteiger partial charge in [0.15, 0.2) is 5.92 Å². The monoisotopic (exact) mass is 453 g/mol. The molecule has 0 aliphatic heterocycles. The van der Waals surface area contributed by atoms with E-state index < -0.39 is 60.4 Å². The SMILES string of the molecule is COC(=O)C(C(=O)OC)[C@H](C)[C@H](NC(=O)[C@H](CO)NC(=O)OCc1ccccc1)C(N)=O. The number of amides is 3. The maximum Gasteiger partial charge on any atom is 0.408 e. The number of rotatable bonds is 11. The zero-order valence-corrected chi connectivity index (χ0v) is 17.9. The first-order chi connectivity index (χ1) is 15.2. The second-order valence-electron chi connectivity index (χ2n) is 6.71. The predicted molar refractivity (Wildman–Crippen MR) is 108 cm³/mol. The van der Waals surface area contributed by atoms with Crippen LogP contribution in [-0.2, 0) is 40.0 Å². The molecule has 0 aliphatic carbocycles. The Morgan fingerprint density at radius 3 is 2.03 bits per heavy atom. The molecule has 12 heteroatoms. The Morgan fingerprint density at radius 2 is 1.56 bits per heavy atom. The third kappa shape index (κ3) is 7.54. The van der Waals surface area contributed by atoms with Crippen molar-refractivity contribution in [2.24, 2.45) is 17.6 Å². The highest BCUT2D eigenvalue weighted by molar-refractivity contribution is 5.97. The van der Waals surface area contributed by atoms with E-state index in [1.807, 2.05) is 0 Å². The normalized spacial score (nSPS) is 13.3. The van der Waals surface area contributed by atoms with Gasteiger partial charge in [0.1, 0.15) is 18.7 Å². The van der Waals surface area contributed by atoms with Crippen molar-refractivity contribution in [2.45, 2.75) is 25.6 Å². The Morgan fingerprint density at radius 1 is 1.00 bits per heavy atom. The Hall–Kier alpha value is -3.67. The zero-order valence-electron chi connectivity index (χ0n) is 17.9. The predicted octanol–water partition coefficient (Wildman–Crippen LogP) is -1.16. The summed E-state index contributed by atoms with van der Waals surface area (Å²) in [6.07, 6.45) is -0.992. The highest BCUT2D eigenvalue weighted by Crippen LogP contribution is 2.19. The molecule has 32 heavy (non-hydrogen) atoms. The van der Waals surface area contributed by atoms with Crippen LogP contribution in [0.1, 0.15) is 12.5 Å². The molecule has 0 saturated carbocycles. The maximum atomic E-state index is 12.5. The Kier molecular flexibility index (Phi) is 10.6. The number of primary amides is 1. The first-order valence-corrected chi connectivity index (χ1v) is 9.49. The van der Waals surface area contributed by atoms with E-state index >= 15 is 0 Å². The van der Waals surface area contributed by atoms with Crippen LogP contribution < -0.4 is 16.4 Å². The molecule has 0 unspecified atom stereocenters. The van der Waals surface area contributed by atoms with Crippen molar-refractivity contribution in [1.82, 2.24) is 10.6 Å². The average molecular weight is 453 g/mol. The summed E-state index contributed by atoms with van der Waals surface area (Å²) >= 11 is 0. The van der Waals surface area contributed by atoms with Crippen LogP contribution in [0.15, 0.2) is 30.3 Å². The Bertz CT molecular complexity index is 800. The van der Waals surface area contributed by atoms with Crippen LogP contribution in [0.3, 0.4) is 0 Å². The number of alkyl carbamates (subject to hydrolysis) is 1. The maximum absolute atomic E-state index is 12.5. The lowest BCUT2D eigenvalue weighted by molar-refractivity contribution is -0.162. The molecule has 1 rings (SSSR count). The number of nitrogens with one attached hydrogen (secondary N) is 2. The third-order valence-electron chi connectivity index (χ3n) is 4.57. The minimum Gasteiger partial charge on any atom is -0.468 e. The first kappa shape index (κ1) is 26.4. The molecule has 0 heterocycles. The van der Waals surface area contributed by atoms with E-state index in [0.29, 0.717) is 5.56 Å². The molecule has 0 aromatic heterocycles. The molecular formula is C20H27N3O9. The van der Waals surface area contributed by atoms with E-state index in [2.05, 4.69) is 20.1 Å². The Balaban J connectivity index is 2.85. The average Bonchev–Trinajstić information content (AvgIpc) is 2.79. The molecule has 0 fully saturated rings. The van der Waals surface area contributed by atoms with Gasteiger partial charge in [-0.15, -0.1) is 0 Å². The highest BCUT2D eigenvalue weighted by atomic mass is 16.6. The molecule has 5 N–H and O–H groups in total. The lowest BCUT2D eigenvalue weighted by Crippen LogP contribution is -2.58. The summed E-state index contributed by atoms with van der Waals surface area (Å²) in [6, 6.07) is 5.71. The molecule has 3 amide bonds. The van der Waals surface area contributed by atoms with Crippen LogP contribution in [0.2, 0.25) is 0 Å². The van der Waals surface area contributed by atoms with E-state index in [1.54, 1.807) is 30.3 Å². The number of esters is 2. The molecule has 0 bridgehead atoms. The molecule has 176 valence electrons. The summed E-state index contributed by atoms with van der Waals surface area (Å²) in [6.45, 7) is 0.403. The van der Waals surface area contributed by atoms with Gasteiger partial charge in [-0.3, -0.25) is 19.2 Å². The molecule has 0 aliphatic rings. The minimum atomic E-state index is -1.56. The van der Waals surface area contributed by atoms with Crippen molar-refractivity contribution >= 4 is 29.8 Å². The number of aliphatic hydroxyl groups excluding tert-OH is 1. The van der Waals surface area contributed by atoms with Gasteiger partial charge >= 0.3 is 18.0 Å². The van der Waals surface area contributed by atoms with E-state index in [9.17, 15) is 29.1 Å². The first-order valence-electron chi connectivity index (χ1n) is 9.49. The number of hydrogen-bond donors (Lipinski definition) is 4. The van der Waals surface area contributed by atoms with Crippen molar-refractivity contribution in [1.29, 1.82) is 0 Å². The summed E-state index contributed by atoms with van der Waals surface area (Å²) < 4.78 is 14.1. The number of methoxy groups -OCH3 is 2. The van der Waals surface area contributed by atoms with Gasteiger partial charge in [0.05, 0.1) is 20.8 Å². The lowest BCUT2D eigenvalue weighted by atomic mass is 9.86. The summed E-state index contributed by atoms with van der Waals surface area (Å²) in [5, 5.41) is 13.9. The summed E-state index contributed by atoms with van der Waals surface area (Å²) in [5.41, 5.74) is 6.03. The summed E-state index contributed by atoms with van der Waals surface area (Å²) in [4.78, 5) is 60.4. The van der Waals surface area contributed by atoms with Gasteiger partial charge < -0.3 is 35.7 Å². The number of nitrogens with two attached hydrogens (primary N) is 1. The van der Waals surface area contributed by atoms with Gasteiger partial charge in [0.2, 0.25) is 11.8 Å². The van der Waals surface area contributed by atoms with Gasteiger partial charge in [-0.05, 0) is 5.56 Å². The van der Waals surface area contributed by atoms with Gasteiger partial charge in [0.25, 0.3) is 0 Å². The quantitative estimate of drug-likeness (QED) is 0.182. The van der Waals surface area contributed by atoms with E-state index in [-0.39, 0.29) is 6.61 Å². The van der Waals surface area contributed by atoms with Crippen molar-refractivity contribution in [2.75, 3.05) is 20.8 Å². The van der Waals surface area contributed by atoms with Crippen molar-refractivity contribution in [3.8, 4) is 0 Å². The van der Waals surface area contributed by atoms with Gasteiger partial charge in [-0.2, -0.15) is 0 Å². The highest BCUT2D eigenvalue weighted by Gasteiger charge is 2.41. The van der Waals surface area contributed by atoms with Crippen LogP contribution in [0.4, 0.5) is 4.79 Å².